The molecule has 0 saturated heterocycles. The van der Waals surface area contributed by atoms with Crippen LogP contribution in [0.25, 0.3) is 4.85 Å². The van der Waals surface area contributed by atoms with E-state index in [-0.39, 0.29) is 0 Å². The number of hydrogen-bond donors (Lipinski definition) is 1. The number of hydrogen-bond acceptors (Lipinski definition) is 1. The molecule has 1 aromatic rings. The lowest BCUT2D eigenvalue weighted by molar-refractivity contribution is 1.09. The third-order valence-electron chi connectivity index (χ3n) is 0.816. The van der Waals surface area contributed by atoms with Gasteiger partial charge in [-0.2, -0.15) is 5.10 Å². The highest BCUT2D eigenvalue weighted by atomic mass is 15.1. The first-order valence-corrected chi connectivity index (χ1v) is 2.24. The lowest BCUT2D eigenvalue weighted by atomic mass is 10.4. The summed E-state index contributed by atoms with van der Waals surface area (Å²) in [4.78, 5) is 3.17. The van der Waals surface area contributed by atoms with Gasteiger partial charge in [0.05, 0.1) is 11.8 Å². The van der Waals surface area contributed by atoms with Crippen LogP contribution in [0.5, 0.6) is 0 Å². The van der Waals surface area contributed by atoms with Crippen LogP contribution in [0.15, 0.2) is 12.4 Å². The Balaban J connectivity index is 2.67. The van der Waals surface area contributed by atoms with E-state index < -0.39 is 0 Å². The van der Waals surface area contributed by atoms with Crippen molar-refractivity contribution in [1.29, 1.82) is 0 Å². The first kappa shape index (κ1) is 4.85. The van der Waals surface area contributed by atoms with Gasteiger partial charge in [-0.3, -0.25) is 5.10 Å². The number of nitrogens with one attached hydrogen (secondary N) is 1. The van der Waals surface area contributed by atoms with E-state index in [1.807, 2.05) is 0 Å². The van der Waals surface area contributed by atoms with Gasteiger partial charge in [0.2, 0.25) is 6.54 Å². The zero-order chi connectivity index (χ0) is 5.82. The predicted octanol–water partition coefficient (Wildman–Crippen LogP) is 0.829. The molecule has 0 aliphatic heterocycles. The van der Waals surface area contributed by atoms with E-state index >= 15 is 0 Å². The molecule has 1 N–H and O–H groups in total. The average Bonchev–Trinajstić information content (AvgIpc) is 2.19. The number of rotatable bonds is 1. The molecule has 0 aliphatic rings. The second-order valence-electron chi connectivity index (χ2n) is 1.42. The number of H-pyrrole nitrogens is 1. The van der Waals surface area contributed by atoms with Crippen molar-refractivity contribution in [2.24, 2.45) is 0 Å². The lowest BCUT2D eigenvalue weighted by Gasteiger charge is -1.72. The van der Waals surface area contributed by atoms with Crippen molar-refractivity contribution in [3.63, 3.8) is 0 Å². The Labute approximate surface area is 47.2 Å². The summed E-state index contributed by atoms with van der Waals surface area (Å²) < 4.78 is 0. The molecule has 3 heteroatoms. The molecule has 0 atom stereocenters. The standard InChI is InChI=1S/C5H5N3/c1-6-2-5-3-7-8-4-5/h3-4H,2H2,(H,7,8). The summed E-state index contributed by atoms with van der Waals surface area (Å²) >= 11 is 0. The normalized spacial score (nSPS) is 8.38. The van der Waals surface area contributed by atoms with Gasteiger partial charge in [0.15, 0.2) is 0 Å². The maximum absolute atomic E-state index is 6.46. The molecule has 0 unspecified atom stereocenters. The molecule has 0 bridgehead atoms. The lowest BCUT2D eigenvalue weighted by Crippen LogP contribution is -1.68. The van der Waals surface area contributed by atoms with Gasteiger partial charge in [0, 0.05) is 6.20 Å². The minimum atomic E-state index is 0.427. The SMILES string of the molecule is [C-]#[N+]Cc1cn[nH]c1. The Bertz CT molecular complexity index is 182. The number of aromatic nitrogens is 2. The second kappa shape index (κ2) is 2.12. The summed E-state index contributed by atoms with van der Waals surface area (Å²) in [5.41, 5.74) is 0.944. The molecule has 1 heterocycles. The van der Waals surface area contributed by atoms with Crippen LogP contribution >= 0.6 is 0 Å². The van der Waals surface area contributed by atoms with Gasteiger partial charge in [-0.25, -0.2) is 6.57 Å². The van der Waals surface area contributed by atoms with Gasteiger partial charge in [0.25, 0.3) is 0 Å². The summed E-state index contributed by atoms with van der Waals surface area (Å²) in [6, 6.07) is 0. The van der Waals surface area contributed by atoms with E-state index in [1.165, 1.54) is 0 Å². The van der Waals surface area contributed by atoms with Crippen LogP contribution < -0.4 is 0 Å². The third-order valence-corrected chi connectivity index (χ3v) is 0.816. The van der Waals surface area contributed by atoms with Crippen molar-refractivity contribution in [1.82, 2.24) is 10.2 Å². The van der Waals surface area contributed by atoms with E-state index in [0.717, 1.165) is 5.56 Å². The first-order valence-electron chi connectivity index (χ1n) is 2.24. The van der Waals surface area contributed by atoms with Crippen LogP contribution in [0.1, 0.15) is 5.56 Å². The Hall–Kier alpha value is -1.30. The average molecular weight is 107 g/mol. The van der Waals surface area contributed by atoms with E-state index in [4.69, 9.17) is 6.57 Å². The highest BCUT2D eigenvalue weighted by Crippen LogP contribution is 1.93. The zero-order valence-electron chi connectivity index (χ0n) is 4.26. The van der Waals surface area contributed by atoms with Crippen LogP contribution in [0.2, 0.25) is 0 Å². The molecule has 1 rings (SSSR count). The summed E-state index contributed by atoms with van der Waals surface area (Å²) in [5, 5.41) is 6.29. The molecular weight excluding hydrogens is 102 g/mol. The number of aromatic amines is 1. The molecular formula is C5H5N3. The molecule has 0 aromatic carbocycles. The Morgan fingerprint density at radius 2 is 2.75 bits per heavy atom. The summed E-state index contributed by atoms with van der Waals surface area (Å²) in [7, 11) is 0. The number of nitrogens with zero attached hydrogens (tertiary/aromatic N) is 2. The molecule has 3 nitrogen and oxygen atoms in total. The van der Waals surface area contributed by atoms with Crippen molar-refractivity contribution in [3.8, 4) is 0 Å². The molecule has 0 fully saturated rings. The van der Waals surface area contributed by atoms with E-state index in [2.05, 4.69) is 15.0 Å². The topological polar surface area (TPSA) is 33.0 Å². The van der Waals surface area contributed by atoms with E-state index in [9.17, 15) is 0 Å². The fourth-order valence-electron chi connectivity index (χ4n) is 0.455. The van der Waals surface area contributed by atoms with Gasteiger partial charge >= 0.3 is 0 Å². The van der Waals surface area contributed by atoms with Crippen molar-refractivity contribution in [2.75, 3.05) is 0 Å². The molecule has 8 heavy (non-hydrogen) atoms. The highest BCUT2D eigenvalue weighted by Gasteiger charge is 1.91. The smallest absolute Gasteiger partial charge is 0.242 e. The Morgan fingerprint density at radius 3 is 3.25 bits per heavy atom. The molecule has 0 amide bonds. The van der Waals surface area contributed by atoms with Crippen molar-refractivity contribution >= 4 is 0 Å². The largest absolute Gasteiger partial charge is 0.312 e. The maximum atomic E-state index is 6.46. The molecule has 1 aromatic heterocycles. The van der Waals surface area contributed by atoms with Gasteiger partial charge in [-0.15, -0.1) is 0 Å². The monoisotopic (exact) mass is 107 g/mol. The van der Waals surface area contributed by atoms with Crippen molar-refractivity contribution in [3.05, 3.63) is 29.4 Å². The first-order chi connectivity index (χ1) is 3.93. The summed E-state index contributed by atoms with van der Waals surface area (Å²) in [6.07, 6.45) is 3.37. The zero-order valence-corrected chi connectivity index (χ0v) is 4.26. The molecule has 0 saturated carbocycles. The summed E-state index contributed by atoms with van der Waals surface area (Å²) in [6.45, 7) is 6.89. The van der Waals surface area contributed by atoms with Crippen LogP contribution in [-0.2, 0) is 6.54 Å². The van der Waals surface area contributed by atoms with Gasteiger partial charge in [-0.1, -0.05) is 0 Å². The van der Waals surface area contributed by atoms with Crippen LogP contribution in [-0.4, -0.2) is 10.2 Å². The highest BCUT2D eigenvalue weighted by molar-refractivity contribution is 5.03. The van der Waals surface area contributed by atoms with Gasteiger partial charge < -0.3 is 4.85 Å². The van der Waals surface area contributed by atoms with Crippen LogP contribution in [0, 0.1) is 6.57 Å². The fraction of sp³-hybridized carbons (Fsp3) is 0.200. The van der Waals surface area contributed by atoms with E-state index in [0.29, 0.717) is 6.54 Å². The van der Waals surface area contributed by atoms with Gasteiger partial charge in [0.1, 0.15) is 0 Å². The minimum Gasteiger partial charge on any atom is -0.312 e. The van der Waals surface area contributed by atoms with Gasteiger partial charge in [-0.05, 0) is 0 Å². The van der Waals surface area contributed by atoms with Crippen molar-refractivity contribution < 1.29 is 0 Å². The maximum Gasteiger partial charge on any atom is 0.242 e. The quantitative estimate of drug-likeness (QED) is 0.530. The molecule has 40 valence electrons. The van der Waals surface area contributed by atoms with Crippen LogP contribution in [0.3, 0.4) is 0 Å². The molecule has 0 radical (unpaired) electrons. The Kier molecular flexibility index (Phi) is 1.29. The summed E-state index contributed by atoms with van der Waals surface area (Å²) in [5.74, 6) is 0. The second-order valence-corrected chi connectivity index (χ2v) is 1.42. The van der Waals surface area contributed by atoms with E-state index in [1.54, 1.807) is 12.4 Å². The van der Waals surface area contributed by atoms with Crippen LogP contribution in [0.4, 0.5) is 0 Å². The third kappa shape index (κ3) is 0.850. The molecule has 0 aliphatic carbocycles. The van der Waals surface area contributed by atoms with Crippen molar-refractivity contribution in [2.45, 2.75) is 6.54 Å². The Morgan fingerprint density at radius 1 is 1.88 bits per heavy atom. The predicted molar refractivity (Wildman–Crippen MR) is 28.9 cm³/mol. The fourth-order valence-corrected chi connectivity index (χ4v) is 0.455. The molecule has 0 spiro atoms. The minimum absolute atomic E-state index is 0.427.